The number of carbonyl (C=O) groups excluding carboxylic acids is 1. The van der Waals surface area contributed by atoms with Gasteiger partial charge in [0.2, 0.25) is 11.9 Å². The lowest BCUT2D eigenvalue weighted by Gasteiger charge is -2.35. The van der Waals surface area contributed by atoms with Crippen molar-refractivity contribution in [3.63, 3.8) is 0 Å². The van der Waals surface area contributed by atoms with Gasteiger partial charge in [0.05, 0.1) is 6.04 Å². The van der Waals surface area contributed by atoms with E-state index < -0.39 is 0 Å². The Kier molecular flexibility index (Phi) is 5.25. The molecule has 0 spiro atoms. The molecule has 1 unspecified atom stereocenters. The number of carbonyl (C=O) groups is 1. The van der Waals surface area contributed by atoms with E-state index in [0.29, 0.717) is 0 Å². The molecule has 1 saturated heterocycles. The van der Waals surface area contributed by atoms with Crippen LogP contribution in [0, 0.1) is 0 Å². The van der Waals surface area contributed by atoms with Gasteiger partial charge in [-0.05, 0) is 19.5 Å². The quantitative estimate of drug-likeness (QED) is 0.698. The van der Waals surface area contributed by atoms with Gasteiger partial charge in [-0.3, -0.25) is 9.69 Å². The molecule has 20 heavy (non-hydrogen) atoms. The molecule has 1 aromatic rings. The van der Waals surface area contributed by atoms with E-state index in [1.165, 1.54) is 0 Å². The first kappa shape index (κ1) is 14.7. The largest absolute Gasteiger partial charge is 0.368 e. The molecule has 0 radical (unpaired) electrons. The molecule has 1 aliphatic rings. The maximum atomic E-state index is 11.2. The molecule has 2 heterocycles. The van der Waals surface area contributed by atoms with Crippen molar-refractivity contribution in [3.8, 4) is 0 Å². The zero-order valence-corrected chi connectivity index (χ0v) is 11.8. The van der Waals surface area contributed by atoms with E-state index in [-0.39, 0.29) is 11.9 Å². The number of hydrogen-bond acceptors (Lipinski definition) is 6. The third kappa shape index (κ3) is 3.88. The molecule has 1 aliphatic heterocycles. The van der Waals surface area contributed by atoms with Gasteiger partial charge >= 0.3 is 0 Å². The van der Waals surface area contributed by atoms with Crippen molar-refractivity contribution >= 4 is 11.9 Å². The second-order valence-electron chi connectivity index (χ2n) is 4.91. The van der Waals surface area contributed by atoms with Gasteiger partial charge in [0, 0.05) is 45.1 Å². The maximum absolute atomic E-state index is 11.2. The highest BCUT2D eigenvalue weighted by molar-refractivity contribution is 5.79. The fraction of sp³-hybridized carbons (Fsp3) is 0.615. The molecule has 1 amide bonds. The van der Waals surface area contributed by atoms with E-state index in [2.05, 4.69) is 25.1 Å². The number of anilines is 1. The first-order chi connectivity index (χ1) is 9.70. The SMILES string of the molecule is CNC(CCN1CCN(c2ncccn2)CC1)C(N)=O. The summed E-state index contributed by atoms with van der Waals surface area (Å²) in [4.78, 5) is 24.2. The standard InChI is InChI=1S/C13H22N6O/c1-15-11(12(14)20)3-6-18-7-9-19(10-8-18)13-16-4-2-5-17-13/h2,4-5,11,15H,3,6-10H2,1H3,(H2,14,20). The molecule has 1 fully saturated rings. The minimum atomic E-state index is -0.288. The molecule has 7 heteroatoms. The highest BCUT2D eigenvalue weighted by Gasteiger charge is 2.20. The van der Waals surface area contributed by atoms with E-state index in [1.807, 2.05) is 6.07 Å². The number of aromatic nitrogens is 2. The van der Waals surface area contributed by atoms with Crippen LogP contribution in [-0.4, -0.2) is 66.6 Å². The van der Waals surface area contributed by atoms with Gasteiger partial charge < -0.3 is 16.0 Å². The van der Waals surface area contributed by atoms with E-state index in [4.69, 9.17) is 5.73 Å². The van der Waals surface area contributed by atoms with Crippen LogP contribution < -0.4 is 16.0 Å². The van der Waals surface area contributed by atoms with Crippen molar-refractivity contribution < 1.29 is 4.79 Å². The Balaban J connectivity index is 1.76. The zero-order chi connectivity index (χ0) is 14.4. The van der Waals surface area contributed by atoms with Crippen LogP contribution in [-0.2, 0) is 4.79 Å². The van der Waals surface area contributed by atoms with Crippen molar-refractivity contribution in [1.29, 1.82) is 0 Å². The summed E-state index contributed by atoms with van der Waals surface area (Å²) < 4.78 is 0. The molecule has 3 N–H and O–H groups in total. The topological polar surface area (TPSA) is 87.4 Å². The Labute approximate surface area is 119 Å². The lowest BCUT2D eigenvalue weighted by Crippen LogP contribution is -2.49. The first-order valence-corrected chi connectivity index (χ1v) is 6.91. The van der Waals surface area contributed by atoms with Gasteiger partial charge in [0.25, 0.3) is 0 Å². The highest BCUT2D eigenvalue weighted by Crippen LogP contribution is 2.10. The number of hydrogen-bond donors (Lipinski definition) is 2. The van der Waals surface area contributed by atoms with Crippen molar-refractivity contribution in [2.45, 2.75) is 12.5 Å². The van der Waals surface area contributed by atoms with E-state index in [0.717, 1.165) is 45.1 Å². The summed E-state index contributed by atoms with van der Waals surface area (Å²) in [6.45, 7) is 4.59. The van der Waals surface area contributed by atoms with Crippen LogP contribution in [0.15, 0.2) is 18.5 Å². The van der Waals surface area contributed by atoms with Gasteiger partial charge in [0.15, 0.2) is 0 Å². The normalized spacial score (nSPS) is 17.9. The minimum Gasteiger partial charge on any atom is -0.368 e. The Morgan fingerprint density at radius 1 is 1.35 bits per heavy atom. The van der Waals surface area contributed by atoms with Gasteiger partial charge in [-0.2, -0.15) is 0 Å². The van der Waals surface area contributed by atoms with Crippen molar-refractivity contribution in [1.82, 2.24) is 20.2 Å². The summed E-state index contributed by atoms with van der Waals surface area (Å²) >= 11 is 0. The van der Waals surface area contributed by atoms with Crippen LogP contribution >= 0.6 is 0 Å². The molecule has 0 saturated carbocycles. The Morgan fingerprint density at radius 3 is 2.55 bits per heavy atom. The average Bonchev–Trinajstić information content (AvgIpc) is 2.49. The average molecular weight is 278 g/mol. The molecular formula is C13H22N6O. The van der Waals surface area contributed by atoms with Gasteiger partial charge in [-0.25, -0.2) is 9.97 Å². The highest BCUT2D eigenvalue weighted by atomic mass is 16.1. The van der Waals surface area contributed by atoms with Crippen LogP contribution in [0.4, 0.5) is 5.95 Å². The predicted octanol–water partition coefficient (Wildman–Crippen LogP) is -0.938. The molecule has 0 aliphatic carbocycles. The molecule has 2 rings (SSSR count). The molecule has 7 nitrogen and oxygen atoms in total. The number of piperazine rings is 1. The smallest absolute Gasteiger partial charge is 0.234 e. The lowest BCUT2D eigenvalue weighted by molar-refractivity contribution is -0.120. The first-order valence-electron chi connectivity index (χ1n) is 6.91. The van der Waals surface area contributed by atoms with Crippen molar-refractivity contribution in [2.75, 3.05) is 44.7 Å². The third-order valence-corrected chi connectivity index (χ3v) is 3.63. The summed E-state index contributed by atoms with van der Waals surface area (Å²) in [6.07, 6.45) is 4.27. The fourth-order valence-electron chi connectivity index (χ4n) is 2.37. The van der Waals surface area contributed by atoms with Crippen LogP contribution in [0.25, 0.3) is 0 Å². The minimum absolute atomic E-state index is 0.245. The number of nitrogens with two attached hydrogens (primary N) is 1. The Hall–Kier alpha value is -1.73. The van der Waals surface area contributed by atoms with Gasteiger partial charge in [-0.1, -0.05) is 0 Å². The molecule has 0 bridgehead atoms. The van der Waals surface area contributed by atoms with Crippen LogP contribution in [0.1, 0.15) is 6.42 Å². The number of rotatable bonds is 6. The van der Waals surface area contributed by atoms with E-state index in [9.17, 15) is 4.79 Å². The number of nitrogens with one attached hydrogen (secondary N) is 1. The van der Waals surface area contributed by atoms with Gasteiger partial charge in [0.1, 0.15) is 0 Å². The monoisotopic (exact) mass is 278 g/mol. The molecule has 110 valence electrons. The summed E-state index contributed by atoms with van der Waals surface area (Å²) in [5.74, 6) is 0.501. The summed E-state index contributed by atoms with van der Waals surface area (Å²) in [5, 5.41) is 2.94. The number of amides is 1. The molecule has 0 aromatic carbocycles. The summed E-state index contributed by atoms with van der Waals surface area (Å²) in [7, 11) is 1.76. The summed E-state index contributed by atoms with van der Waals surface area (Å²) in [6, 6.07) is 1.58. The maximum Gasteiger partial charge on any atom is 0.234 e. The number of likely N-dealkylation sites (N-methyl/N-ethyl adjacent to an activating group) is 1. The van der Waals surface area contributed by atoms with Crippen molar-refractivity contribution in [3.05, 3.63) is 18.5 Å². The zero-order valence-electron chi connectivity index (χ0n) is 11.8. The van der Waals surface area contributed by atoms with Crippen molar-refractivity contribution in [2.24, 2.45) is 5.73 Å². The molecular weight excluding hydrogens is 256 g/mol. The summed E-state index contributed by atoms with van der Waals surface area (Å²) in [5.41, 5.74) is 5.32. The predicted molar refractivity (Wildman–Crippen MR) is 77.3 cm³/mol. The van der Waals surface area contributed by atoms with Gasteiger partial charge in [-0.15, -0.1) is 0 Å². The second kappa shape index (κ2) is 7.16. The number of primary amides is 1. The lowest BCUT2D eigenvalue weighted by atomic mass is 10.2. The second-order valence-corrected chi connectivity index (χ2v) is 4.91. The molecule has 1 atom stereocenters. The Morgan fingerprint density at radius 2 is 2.00 bits per heavy atom. The van der Waals surface area contributed by atoms with Crippen LogP contribution in [0.5, 0.6) is 0 Å². The van der Waals surface area contributed by atoms with E-state index in [1.54, 1.807) is 19.4 Å². The Bertz CT molecular complexity index is 418. The van der Waals surface area contributed by atoms with Crippen LogP contribution in [0.3, 0.4) is 0 Å². The third-order valence-electron chi connectivity index (χ3n) is 3.63. The number of nitrogens with zero attached hydrogens (tertiary/aromatic N) is 4. The molecule has 1 aromatic heterocycles. The van der Waals surface area contributed by atoms with E-state index >= 15 is 0 Å². The fourth-order valence-corrected chi connectivity index (χ4v) is 2.37. The van der Waals surface area contributed by atoms with Crippen LogP contribution in [0.2, 0.25) is 0 Å².